The van der Waals surface area contributed by atoms with Crippen molar-refractivity contribution in [2.75, 3.05) is 6.61 Å². The van der Waals surface area contributed by atoms with E-state index in [1.54, 1.807) is 37.3 Å². The van der Waals surface area contributed by atoms with Gasteiger partial charge in [0.05, 0.1) is 23.9 Å². The van der Waals surface area contributed by atoms with Crippen LogP contribution >= 0.6 is 12.2 Å². The quantitative estimate of drug-likeness (QED) is 0.385. The van der Waals surface area contributed by atoms with Crippen LogP contribution in [0.25, 0.3) is 5.70 Å². The average molecular weight is 463 g/mol. The summed E-state index contributed by atoms with van der Waals surface area (Å²) in [7, 11) is 0. The summed E-state index contributed by atoms with van der Waals surface area (Å²) >= 11 is 5.43. The highest BCUT2D eigenvalue weighted by Crippen LogP contribution is 2.32. The summed E-state index contributed by atoms with van der Waals surface area (Å²) in [6.45, 7) is 2.14. The highest BCUT2D eigenvalue weighted by atomic mass is 32.1. The van der Waals surface area contributed by atoms with Crippen LogP contribution in [-0.4, -0.2) is 17.7 Å². The van der Waals surface area contributed by atoms with Gasteiger partial charge in [-0.05, 0) is 48.5 Å². The molecular formula is C26H23FN2O3S. The monoisotopic (exact) mass is 462 g/mol. The lowest BCUT2D eigenvalue weighted by atomic mass is 9.93. The highest BCUT2D eigenvalue weighted by Gasteiger charge is 2.33. The number of carbonyl (C=O) groups is 1. The zero-order chi connectivity index (χ0) is 23.2. The summed E-state index contributed by atoms with van der Waals surface area (Å²) < 4.78 is 24.9. The van der Waals surface area contributed by atoms with E-state index in [4.69, 9.17) is 21.7 Å². The first-order valence-corrected chi connectivity index (χ1v) is 11.0. The molecule has 3 aromatic carbocycles. The number of ether oxygens (including phenoxy) is 2. The number of carbonyl (C=O) groups excluding carboxylic acids is 1. The van der Waals surface area contributed by atoms with Crippen molar-refractivity contribution in [1.29, 1.82) is 0 Å². The Labute approximate surface area is 197 Å². The smallest absolute Gasteiger partial charge is 0.338 e. The second kappa shape index (κ2) is 10.3. The lowest BCUT2D eigenvalue weighted by molar-refractivity contribution is -0.138. The van der Waals surface area contributed by atoms with Gasteiger partial charge in [-0.1, -0.05) is 60.7 Å². The van der Waals surface area contributed by atoms with Crippen molar-refractivity contribution in [2.24, 2.45) is 0 Å². The van der Waals surface area contributed by atoms with Crippen LogP contribution in [0.4, 0.5) is 4.39 Å². The van der Waals surface area contributed by atoms with Crippen LogP contribution in [0.15, 0.2) is 84.4 Å². The van der Waals surface area contributed by atoms with Gasteiger partial charge in [0.25, 0.3) is 0 Å². The maximum Gasteiger partial charge on any atom is 0.338 e. The van der Waals surface area contributed by atoms with Gasteiger partial charge in [0.1, 0.15) is 18.2 Å². The predicted molar refractivity (Wildman–Crippen MR) is 129 cm³/mol. The minimum Gasteiger partial charge on any atom is -0.489 e. The average Bonchev–Trinajstić information content (AvgIpc) is 2.84. The lowest BCUT2D eigenvalue weighted by Crippen LogP contribution is -2.45. The van der Waals surface area contributed by atoms with Gasteiger partial charge in [0.15, 0.2) is 5.11 Å². The van der Waals surface area contributed by atoms with Crippen LogP contribution in [-0.2, 0) is 16.1 Å². The van der Waals surface area contributed by atoms with Crippen LogP contribution in [0.5, 0.6) is 5.75 Å². The highest BCUT2D eigenvalue weighted by molar-refractivity contribution is 7.80. The Balaban J connectivity index is 1.63. The Morgan fingerprint density at radius 2 is 1.70 bits per heavy atom. The summed E-state index contributed by atoms with van der Waals surface area (Å²) in [5, 5.41) is 6.70. The molecule has 0 aliphatic carbocycles. The molecule has 0 bridgehead atoms. The van der Waals surface area contributed by atoms with Gasteiger partial charge in [-0.2, -0.15) is 0 Å². The van der Waals surface area contributed by atoms with Crippen molar-refractivity contribution in [1.82, 2.24) is 10.6 Å². The molecule has 0 amide bonds. The molecule has 2 N–H and O–H groups in total. The van der Waals surface area contributed by atoms with Crippen molar-refractivity contribution in [3.63, 3.8) is 0 Å². The van der Waals surface area contributed by atoms with Crippen LogP contribution < -0.4 is 15.4 Å². The molecule has 0 aromatic heterocycles. The zero-order valence-electron chi connectivity index (χ0n) is 18.0. The van der Waals surface area contributed by atoms with Crippen molar-refractivity contribution < 1.29 is 18.7 Å². The molecule has 5 nitrogen and oxygen atoms in total. The molecule has 0 saturated carbocycles. The summed E-state index contributed by atoms with van der Waals surface area (Å²) in [5.41, 5.74) is 3.18. The van der Waals surface area contributed by atoms with Crippen LogP contribution in [0, 0.1) is 5.82 Å². The minimum atomic E-state index is -0.506. The number of rotatable bonds is 7. The molecule has 0 spiro atoms. The van der Waals surface area contributed by atoms with E-state index in [2.05, 4.69) is 10.6 Å². The molecule has 0 unspecified atom stereocenters. The van der Waals surface area contributed by atoms with E-state index in [0.717, 1.165) is 11.1 Å². The molecule has 0 radical (unpaired) electrons. The lowest BCUT2D eigenvalue weighted by Gasteiger charge is -2.31. The van der Waals surface area contributed by atoms with E-state index in [-0.39, 0.29) is 19.0 Å². The number of esters is 1. The first-order valence-electron chi connectivity index (χ1n) is 10.6. The van der Waals surface area contributed by atoms with Crippen molar-refractivity contribution in [3.05, 3.63) is 107 Å². The molecule has 4 rings (SSSR count). The first kappa shape index (κ1) is 22.5. The first-order chi connectivity index (χ1) is 16.1. The number of nitrogens with one attached hydrogen (secondary N) is 2. The SMILES string of the molecule is CCOC(=O)C1=C(c2ccccc2)NC(=S)N[C@@H]1c1ccc(OCc2ccccc2F)cc1. The van der Waals surface area contributed by atoms with E-state index in [1.165, 1.54) is 6.07 Å². The summed E-state index contributed by atoms with van der Waals surface area (Å²) in [6, 6.07) is 22.8. The van der Waals surface area contributed by atoms with Gasteiger partial charge in [-0.25, -0.2) is 9.18 Å². The van der Waals surface area contributed by atoms with Crippen molar-refractivity contribution in [3.8, 4) is 5.75 Å². The maximum atomic E-state index is 13.8. The van der Waals surface area contributed by atoms with E-state index >= 15 is 0 Å². The van der Waals surface area contributed by atoms with E-state index in [9.17, 15) is 9.18 Å². The van der Waals surface area contributed by atoms with Gasteiger partial charge in [0.2, 0.25) is 0 Å². The van der Waals surface area contributed by atoms with Gasteiger partial charge in [0, 0.05) is 5.56 Å². The topological polar surface area (TPSA) is 59.6 Å². The summed E-state index contributed by atoms with van der Waals surface area (Å²) in [5.74, 6) is -0.147. The largest absolute Gasteiger partial charge is 0.489 e. The third-order valence-corrected chi connectivity index (χ3v) is 5.42. The second-order valence-corrected chi connectivity index (χ2v) is 7.76. The Morgan fingerprint density at radius 3 is 2.39 bits per heavy atom. The second-order valence-electron chi connectivity index (χ2n) is 7.36. The zero-order valence-corrected chi connectivity index (χ0v) is 18.8. The molecule has 33 heavy (non-hydrogen) atoms. The molecule has 0 saturated heterocycles. The third kappa shape index (κ3) is 5.21. The normalized spacial score (nSPS) is 15.5. The van der Waals surface area contributed by atoms with Crippen LogP contribution in [0.1, 0.15) is 29.7 Å². The molecule has 1 heterocycles. The fourth-order valence-electron chi connectivity index (χ4n) is 3.61. The number of halogens is 1. The molecule has 1 aliphatic rings. The molecule has 0 fully saturated rings. The van der Waals surface area contributed by atoms with Gasteiger partial charge in [-0.3, -0.25) is 0 Å². The number of hydrogen-bond donors (Lipinski definition) is 2. The maximum absolute atomic E-state index is 13.8. The summed E-state index contributed by atoms with van der Waals surface area (Å²) in [6.07, 6.45) is 0. The Bertz CT molecular complexity index is 1180. The van der Waals surface area contributed by atoms with Crippen LogP contribution in [0.2, 0.25) is 0 Å². The number of thiocarbonyl (C=S) groups is 1. The molecule has 7 heteroatoms. The Morgan fingerprint density at radius 1 is 1.00 bits per heavy atom. The van der Waals surface area contributed by atoms with Gasteiger partial charge in [-0.15, -0.1) is 0 Å². The number of hydrogen-bond acceptors (Lipinski definition) is 4. The summed E-state index contributed by atoms with van der Waals surface area (Å²) in [4.78, 5) is 13.0. The third-order valence-electron chi connectivity index (χ3n) is 5.20. The molecule has 3 aromatic rings. The molecular weight excluding hydrogens is 439 g/mol. The van der Waals surface area contributed by atoms with Crippen molar-refractivity contribution in [2.45, 2.75) is 19.6 Å². The van der Waals surface area contributed by atoms with Crippen LogP contribution in [0.3, 0.4) is 0 Å². The Kier molecular flexibility index (Phi) is 7.00. The molecule has 1 atom stereocenters. The minimum absolute atomic E-state index is 0.119. The fourth-order valence-corrected chi connectivity index (χ4v) is 3.83. The van der Waals surface area contributed by atoms with Gasteiger partial charge >= 0.3 is 5.97 Å². The predicted octanol–water partition coefficient (Wildman–Crippen LogP) is 4.90. The van der Waals surface area contributed by atoms with Crippen molar-refractivity contribution >= 4 is 29.0 Å². The molecule has 1 aliphatic heterocycles. The van der Waals surface area contributed by atoms with E-state index in [1.807, 2.05) is 42.5 Å². The van der Waals surface area contributed by atoms with E-state index in [0.29, 0.717) is 27.7 Å². The van der Waals surface area contributed by atoms with Gasteiger partial charge < -0.3 is 20.1 Å². The fraction of sp³-hybridized carbons (Fsp3) is 0.154. The van der Waals surface area contributed by atoms with E-state index < -0.39 is 12.0 Å². The molecule has 168 valence electrons. The standard InChI is InChI=1S/C26H23FN2O3S/c1-2-31-25(30)22-23(17-8-4-3-5-9-17)28-26(33)29-24(22)18-12-14-20(15-13-18)32-16-19-10-6-7-11-21(19)27/h3-15,24H,2,16H2,1H3,(H2,28,29,33)/t24-/m1/s1. The Hall–Kier alpha value is -3.71. The number of benzene rings is 3.